The summed E-state index contributed by atoms with van der Waals surface area (Å²) in [4.78, 5) is 28.5. The summed E-state index contributed by atoms with van der Waals surface area (Å²) in [6.07, 6.45) is 1.57. The van der Waals surface area contributed by atoms with E-state index in [1.54, 1.807) is 7.05 Å². The summed E-state index contributed by atoms with van der Waals surface area (Å²) in [6.45, 7) is 0.381. The number of anilines is 1. The number of nitrogens with one attached hydrogen (secondary N) is 3. The van der Waals surface area contributed by atoms with Crippen LogP contribution in [0.3, 0.4) is 0 Å². The fourth-order valence-corrected chi connectivity index (χ4v) is 1.12. The third-order valence-corrected chi connectivity index (χ3v) is 1.94. The molecule has 0 fully saturated rings. The second kappa shape index (κ2) is 5.74. The maximum absolute atomic E-state index is 11.3. The van der Waals surface area contributed by atoms with Gasteiger partial charge in [-0.1, -0.05) is 0 Å². The third kappa shape index (κ3) is 2.97. The highest BCUT2D eigenvalue weighted by atomic mass is 16.5. The Bertz CT molecular complexity index is 415. The van der Waals surface area contributed by atoms with Crippen molar-refractivity contribution in [2.45, 2.75) is 6.42 Å². The smallest absolute Gasteiger partial charge is 0.295 e. The maximum Gasteiger partial charge on any atom is 0.295 e. The molecule has 0 spiro atoms. The molecule has 0 radical (unpaired) electrons. The Morgan fingerprint density at radius 1 is 1.62 bits per heavy atom. The van der Waals surface area contributed by atoms with Gasteiger partial charge in [0.2, 0.25) is 11.7 Å². The van der Waals surface area contributed by atoms with Crippen molar-refractivity contribution in [2.75, 3.05) is 26.0 Å². The van der Waals surface area contributed by atoms with Gasteiger partial charge in [-0.15, -0.1) is 0 Å². The molecule has 0 atom stereocenters. The molecule has 1 amide bonds. The van der Waals surface area contributed by atoms with Gasteiger partial charge in [0.05, 0.1) is 13.4 Å². The lowest BCUT2D eigenvalue weighted by Crippen LogP contribution is -2.22. The van der Waals surface area contributed by atoms with Crippen molar-refractivity contribution in [2.24, 2.45) is 0 Å². The number of nitrogens with zero attached hydrogens (tertiary/aromatic N) is 1. The van der Waals surface area contributed by atoms with Crippen LogP contribution in [0.5, 0.6) is 5.75 Å². The van der Waals surface area contributed by atoms with Gasteiger partial charge < -0.3 is 20.4 Å². The van der Waals surface area contributed by atoms with E-state index in [1.165, 1.54) is 13.4 Å². The Hall–Kier alpha value is -2.05. The molecular formula is C9H14N4O3. The molecule has 0 aliphatic carbocycles. The summed E-state index contributed by atoms with van der Waals surface area (Å²) in [6, 6.07) is 0. The van der Waals surface area contributed by atoms with E-state index >= 15 is 0 Å². The van der Waals surface area contributed by atoms with Gasteiger partial charge in [-0.3, -0.25) is 9.59 Å². The Labute approximate surface area is 92.2 Å². The fraction of sp³-hybridized carbons (Fsp3) is 0.444. The number of hydrogen-bond donors (Lipinski definition) is 3. The average molecular weight is 226 g/mol. The first kappa shape index (κ1) is 12.0. The lowest BCUT2D eigenvalue weighted by molar-refractivity contribution is -0.120. The molecule has 1 aromatic rings. The zero-order chi connectivity index (χ0) is 12.0. The van der Waals surface area contributed by atoms with Crippen molar-refractivity contribution in [3.05, 3.63) is 16.7 Å². The zero-order valence-corrected chi connectivity index (χ0v) is 9.16. The zero-order valence-electron chi connectivity index (χ0n) is 9.16. The Balaban J connectivity index is 2.63. The van der Waals surface area contributed by atoms with Crippen LogP contribution in [-0.4, -0.2) is 36.6 Å². The lowest BCUT2D eigenvalue weighted by Gasteiger charge is -2.07. The molecule has 1 heterocycles. The number of carbonyl (C=O) groups excluding carboxylic acids is 1. The van der Waals surface area contributed by atoms with E-state index in [1.807, 2.05) is 0 Å². The number of H-pyrrole nitrogens is 1. The van der Waals surface area contributed by atoms with Crippen molar-refractivity contribution in [1.82, 2.24) is 15.3 Å². The average Bonchev–Trinajstić information content (AvgIpc) is 2.29. The monoisotopic (exact) mass is 226 g/mol. The van der Waals surface area contributed by atoms with E-state index in [9.17, 15) is 9.59 Å². The van der Waals surface area contributed by atoms with Crippen LogP contribution < -0.4 is 20.9 Å². The standard InChI is InChI=1S/C9H14N4O3/c1-10-6(14)3-4-11-8-7(16-2)9(15)13-5-12-8/h5H,3-4H2,1-2H3,(H,10,14)(H2,11,12,13,15). The second-order valence-corrected chi connectivity index (χ2v) is 2.96. The molecule has 88 valence electrons. The molecule has 0 aliphatic rings. The molecule has 16 heavy (non-hydrogen) atoms. The summed E-state index contributed by atoms with van der Waals surface area (Å²) in [5, 5.41) is 5.35. The van der Waals surface area contributed by atoms with Crippen molar-refractivity contribution in [1.29, 1.82) is 0 Å². The lowest BCUT2D eigenvalue weighted by atomic mass is 10.4. The number of rotatable bonds is 5. The molecule has 0 unspecified atom stereocenters. The van der Waals surface area contributed by atoms with E-state index in [0.29, 0.717) is 18.8 Å². The van der Waals surface area contributed by atoms with Crippen LogP contribution in [0.4, 0.5) is 5.82 Å². The first-order valence-electron chi connectivity index (χ1n) is 4.75. The summed E-state index contributed by atoms with van der Waals surface area (Å²) in [5.74, 6) is 0.353. The van der Waals surface area contributed by atoms with E-state index < -0.39 is 0 Å². The number of aromatic amines is 1. The van der Waals surface area contributed by atoms with E-state index in [4.69, 9.17) is 4.74 Å². The summed E-state index contributed by atoms with van der Waals surface area (Å²) in [7, 11) is 2.95. The highest BCUT2D eigenvalue weighted by molar-refractivity contribution is 5.76. The number of carbonyl (C=O) groups is 1. The molecule has 3 N–H and O–H groups in total. The van der Waals surface area contributed by atoms with Gasteiger partial charge in [-0.2, -0.15) is 0 Å². The molecule has 0 aliphatic heterocycles. The largest absolute Gasteiger partial charge is 0.489 e. The van der Waals surface area contributed by atoms with Gasteiger partial charge in [-0.25, -0.2) is 4.98 Å². The van der Waals surface area contributed by atoms with Crippen LogP contribution >= 0.6 is 0 Å². The summed E-state index contributed by atoms with van der Waals surface area (Å²) < 4.78 is 4.89. The summed E-state index contributed by atoms with van der Waals surface area (Å²) in [5.41, 5.74) is -0.361. The third-order valence-electron chi connectivity index (χ3n) is 1.94. The molecule has 0 bridgehead atoms. The minimum atomic E-state index is -0.361. The van der Waals surface area contributed by atoms with Gasteiger partial charge >= 0.3 is 0 Å². The first-order valence-corrected chi connectivity index (χ1v) is 4.75. The Morgan fingerprint density at radius 3 is 3.00 bits per heavy atom. The van der Waals surface area contributed by atoms with Crippen LogP contribution in [0, 0.1) is 0 Å². The molecule has 1 aromatic heterocycles. The van der Waals surface area contributed by atoms with Crippen LogP contribution in [0.1, 0.15) is 6.42 Å². The van der Waals surface area contributed by atoms with Gasteiger partial charge in [0.15, 0.2) is 5.82 Å². The molecule has 0 aromatic carbocycles. The van der Waals surface area contributed by atoms with Crippen LogP contribution in [0.2, 0.25) is 0 Å². The number of methoxy groups -OCH3 is 1. The topological polar surface area (TPSA) is 96.1 Å². The predicted molar refractivity (Wildman–Crippen MR) is 58.6 cm³/mol. The maximum atomic E-state index is 11.3. The minimum Gasteiger partial charge on any atom is -0.489 e. The predicted octanol–water partition coefficient (Wildman–Crippen LogP) is -0.673. The van der Waals surface area contributed by atoms with E-state index in [2.05, 4.69) is 20.6 Å². The Morgan fingerprint density at radius 2 is 2.38 bits per heavy atom. The van der Waals surface area contributed by atoms with Crippen molar-refractivity contribution < 1.29 is 9.53 Å². The van der Waals surface area contributed by atoms with Gasteiger partial charge in [-0.05, 0) is 0 Å². The van der Waals surface area contributed by atoms with Gasteiger partial charge in [0, 0.05) is 20.0 Å². The molecule has 7 nitrogen and oxygen atoms in total. The number of ether oxygens (including phenoxy) is 1. The number of aromatic nitrogens is 2. The molecule has 7 heteroatoms. The van der Waals surface area contributed by atoms with Crippen LogP contribution in [-0.2, 0) is 4.79 Å². The van der Waals surface area contributed by atoms with Crippen molar-refractivity contribution in [3.63, 3.8) is 0 Å². The highest BCUT2D eigenvalue weighted by Gasteiger charge is 2.08. The Kier molecular flexibility index (Phi) is 4.31. The van der Waals surface area contributed by atoms with Gasteiger partial charge in [0.1, 0.15) is 0 Å². The quantitative estimate of drug-likeness (QED) is 0.618. The fourth-order valence-electron chi connectivity index (χ4n) is 1.12. The minimum absolute atomic E-state index is 0.0868. The SMILES string of the molecule is CNC(=O)CCNc1nc[nH]c(=O)c1OC. The first-order chi connectivity index (χ1) is 7.69. The molecular weight excluding hydrogens is 212 g/mol. The molecule has 0 saturated heterocycles. The molecule has 0 saturated carbocycles. The van der Waals surface area contributed by atoms with E-state index in [-0.39, 0.29) is 17.2 Å². The summed E-state index contributed by atoms with van der Waals surface area (Å²) >= 11 is 0. The highest BCUT2D eigenvalue weighted by Crippen LogP contribution is 2.13. The normalized spacial score (nSPS) is 9.62. The van der Waals surface area contributed by atoms with Crippen molar-refractivity contribution >= 4 is 11.7 Å². The van der Waals surface area contributed by atoms with Crippen molar-refractivity contribution in [3.8, 4) is 5.75 Å². The van der Waals surface area contributed by atoms with Crippen LogP contribution in [0.15, 0.2) is 11.1 Å². The molecule has 1 rings (SSSR count). The number of hydrogen-bond acceptors (Lipinski definition) is 5. The number of amides is 1. The van der Waals surface area contributed by atoms with E-state index in [0.717, 1.165) is 0 Å². The van der Waals surface area contributed by atoms with Crippen LogP contribution in [0.25, 0.3) is 0 Å². The second-order valence-electron chi connectivity index (χ2n) is 2.96. The van der Waals surface area contributed by atoms with Gasteiger partial charge in [0.25, 0.3) is 5.56 Å².